The maximum atomic E-state index is 12.8. The minimum atomic E-state index is -3.73. The highest BCUT2D eigenvalue weighted by molar-refractivity contribution is 7.89. The Morgan fingerprint density at radius 1 is 1.11 bits per heavy atom. The van der Waals surface area contributed by atoms with Crippen LogP contribution in [0.25, 0.3) is 0 Å². The van der Waals surface area contributed by atoms with Crippen LogP contribution in [0.1, 0.15) is 46.0 Å². The van der Waals surface area contributed by atoms with Crippen molar-refractivity contribution in [2.24, 2.45) is 11.8 Å². The van der Waals surface area contributed by atoms with Crippen LogP contribution in [0.2, 0.25) is 0 Å². The van der Waals surface area contributed by atoms with Gasteiger partial charge >= 0.3 is 0 Å². The SMILES string of the molecule is CC(C)[C@H](NS(=O)(=O)c1ccccc1)C(=O)NC[C@@H]1CCCN2CCCC[C@@H]12. The van der Waals surface area contributed by atoms with Gasteiger partial charge in [-0.2, -0.15) is 4.72 Å². The first-order valence-corrected chi connectivity index (χ1v) is 12.0. The van der Waals surface area contributed by atoms with Crippen LogP contribution in [-0.2, 0) is 14.8 Å². The van der Waals surface area contributed by atoms with Gasteiger partial charge < -0.3 is 10.2 Å². The zero-order valence-corrected chi connectivity index (χ0v) is 17.7. The molecule has 3 rings (SSSR count). The molecule has 2 heterocycles. The molecule has 1 aromatic carbocycles. The van der Waals surface area contributed by atoms with E-state index in [0.29, 0.717) is 18.5 Å². The Morgan fingerprint density at radius 3 is 2.54 bits per heavy atom. The summed E-state index contributed by atoms with van der Waals surface area (Å²) in [5, 5.41) is 3.05. The lowest BCUT2D eigenvalue weighted by atomic mass is 9.83. The van der Waals surface area contributed by atoms with E-state index in [-0.39, 0.29) is 16.7 Å². The Labute approximate surface area is 169 Å². The number of nitrogens with zero attached hydrogens (tertiary/aromatic N) is 1. The lowest BCUT2D eigenvalue weighted by Crippen LogP contribution is -2.54. The number of nitrogens with one attached hydrogen (secondary N) is 2. The van der Waals surface area contributed by atoms with Crippen molar-refractivity contribution >= 4 is 15.9 Å². The number of piperidine rings is 2. The van der Waals surface area contributed by atoms with E-state index in [1.54, 1.807) is 18.2 Å². The average Bonchev–Trinajstić information content (AvgIpc) is 2.70. The van der Waals surface area contributed by atoms with Crippen LogP contribution in [0, 0.1) is 11.8 Å². The minimum absolute atomic E-state index is 0.143. The van der Waals surface area contributed by atoms with E-state index in [2.05, 4.69) is 14.9 Å². The van der Waals surface area contributed by atoms with Gasteiger partial charge in [-0.15, -0.1) is 0 Å². The van der Waals surface area contributed by atoms with Gasteiger partial charge in [0.2, 0.25) is 15.9 Å². The maximum Gasteiger partial charge on any atom is 0.241 e. The van der Waals surface area contributed by atoms with Crippen LogP contribution >= 0.6 is 0 Å². The molecule has 0 radical (unpaired) electrons. The molecule has 1 aromatic rings. The van der Waals surface area contributed by atoms with Gasteiger partial charge in [-0.05, 0) is 62.7 Å². The molecule has 2 aliphatic heterocycles. The minimum Gasteiger partial charge on any atom is -0.354 e. The molecule has 0 aromatic heterocycles. The second kappa shape index (κ2) is 9.37. The molecule has 1 amide bonds. The van der Waals surface area contributed by atoms with Crippen molar-refractivity contribution in [3.8, 4) is 0 Å². The number of hydrogen-bond donors (Lipinski definition) is 2. The number of rotatable bonds is 7. The lowest BCUT2D eigenvalue weighted by molar-refractivity contribution is -0.124. The third kappa shape index (κ3) is 5.13. The molecule has 2 aliphatic rings. The molecular weight excluding hydrogens is 374 g/mol. The average molecular weight is 408 g/mol. The highest BCUT2D eigenvalue weighted by Gasteiger charge is 2.34. The third-order valence-electron chi connectivity index (χ3n) is 6.05. The Bertz CT molecular complexity index is 749. The molecule has 2 N–H and O–H groups in total. The number of carbonyl (C=O) groups excluding carboxylic acids is 1. The fourth-order valence-corrected chi connectivity index (χ4v) is 5.85. The highest BCUT2D eigenvalue weighted by atomic mass is 32.2. The summed E-state index contributed by atoms with van der Waals surface area (Å²) in [7, 11) is -3.73. The number of fused-ring (bicyclic) bond motifs is 1. The zero-order chi connectivity index (χ0) is 20.1. The predicted octanol–water partition coefficient (Wildman–Crippen LogP) is 2.37. The van der Waals surface area contributed by atoms with Crippen LogP contribution < -0.4 is 10.0 Å². The van der Waals surface area contributed by atoms with E-state index in [9.17, 15) is 13.2 Å². The number of hydrogen-bond acceptors (Lipinski definition) is 4. The molecule has 0 aliphatic carbocycles. The smallest absolute Gasteiger partial charge is 0.241 e. The predicted molar refractivity (Wildman–Crippen MR) is 110 cm³/mol. The van der Waals surface area contributed by atoms with Crippen LogP contribution in [0.3, 0.4) is 0 Å². The van der Waals surface area contributed by atoms with Crippen LogP contribution in [0.5, 0.6) is 0 Å². The number of carbonyl (C=O) groups is 1. The van der Waals surface area contributed by atoms with Crippen molar-refractivity contribution in [2.45, 2.75) is 62.9 Å². The highest BCUT2D eigenvalue weighted by Crippen LogP contribution is 2.30. The summed E-state index contributed by atoms with van der Waals surface area (Å²) in [4.78, 5) is 15.6. The van der Waals surface area contributed by atoms with Gasteiger partial charge in [-0.3, -0.25) is 4.79 Å². The van der Waals surface area contributed by atoms with E-state index in [0.717, 1.165) is 6.42 Å². The summed E-state index contributed by atoms with van der Waals surface area (Å²) in [5.41, 5.74) is 0. The van der Waals surface area contributed by atoms with Crippen molar-refractivity contribution in [3.05, 3.63) is 30.3 Å². The monoisotopic (exact) mass is 407 g/mol. The zero-order valence-electron chi connectivity index (χ0n) is 16.9. The topological polar surface area (TPSA) is 78.5 Å². The van der Waals surface area contributed by atoms with Crippen LogP contribution in [-0.4, -0.2) is 50.9 Å². The lowest BCUT2D eigenvalue weighted by Gasteiger charge is -2.44. The second-order valence-electron chi connectivity index (χ2n) is 8.40. The van der Waals surface area contributed by atoms with Gasteiger partial charge in [-0.25, -0.2) is 8.42 Å². The quantitative estimate of drug-likeness (QED) is 0.727. The van der Waals surface area contributed by atoms with Gasteiger partial charge in [0, 0.05) is 12.6 Å². The summed E-state index contributed by atoms with van der Waals surface area (Å²) in [6.45, 7) is 6.68. The van der Waals surface area contributed by atoms with E-state index in [1.807, 2.05) is 13.8 Å². The maximum absolute atomic E-state index is 12.8. The number of sulfonamides is 1. The van der Waals surface area contributed by atoms with Gasteiger partial charge in [0.25, 0.3) is 0 Å². The summed E-state index contributed by atoms with van der Waals surface area (Å²) < 4.78 is 27.9. The molecule has 6 nitrogen and oxygen atoms in total. The first kappa shape index (κ1) is 21.3. The molecule has 0 saturated carbocycles. The molecule has 0 spiro atoms. The summed E-state index contributed by atoms with van der Waals surface area (Å²) in [6, 6.07) is 7.98. The van der Waals surface area contributed by atoms with Crippen molar-refractivity contribution in [2.75, 3.05) is 19.6 Å². The fraction of sp³-hybridized carbons (Fsp3) is 0.667. The van der Waals surface area contributed by atoms with Crippen LogP contribution in [0.15, 0.2) is 35.2 Å². The molecule has 0 bridgehead atoms. The van der Waals surface area contributed by atoms with Crippen molar-refractivity contribution < 1.29 is 13.2 Å². The molecular formula is C21H33N3O3S. The molecule has 156 valence electrons. The van der Waals surface area contributed by atoms with Crippen molar-refractivity contribution in [3.63, 3.8) is 0 Å². The first-order valence-electron chi connectivity index (χ1n) is 10.5. The van der Waals surface area contributed by atoms with Gasteiger partial charge in [-0.1, -0.05) is 38.5 Å². The third-order valence-corrected chi connectivity index (χ3v) is 7.51. The number of benzene rings is 1. The van der Waals surface area contributed by atoms with E-state index >= 15 is 0 Å². The summed E-state index contributed by atoms with van der Waals surface area (Å²) in [6.07, 6.45) is 6.03. The Balaban J connectivity index is 1.62. The van der Waals surface area contributed by atoms with E-state index < -0.39 is 16.1 Å². The first-order chi connectivity index (χ1) is 13.4. The summed E-state index contributed by atoms with van der Waals surface area (Å²) in [5.74, 6) is 0.0787. The van der Waals surface area contributed by atoms with Gasteiger partial charge in [0.1, 0.15) is 6.04 Å². The molecule has 2 saturated heterocycles. The Hall–Kier alpha value is -1.44. The van der Waals surface area contributed by atoms with Crippen molar-refractivity contribution in [1.29, 1.82) is 0 Å². The number of amides is 1. The molecule has 3 atom stereocenters. The Kier molecular flexibility index (Phi) is 7.12. The second-order valence-corrected chi connectivity index (χ2v) is 10.1. The van der Waals surface area contributed by atoms with E-state index in [1.165, 1.54) is 50.9 Å². The fourth-order valence-electron chi connectivity index (χ4n) is 4.48. The van der Waals surface area contributed by atoms with E-state index in [4.69, 9.17) is 0 Å². The standard InChI is InChI=1S/C21H33N3O3S/c1-16(2)20(23-28(26,27)18-10-4-3-5-11-18)21(25)22-15-17-9-8-14-24-13-7-6-12-19(17)24/h3-5,10-11,16-17,19-20,23H,6-9,12-15H2,1-2H3,(H,22,25)/t17-,19-,20-/m0/s1. The molecule has 7 heteroatoms. The van der Waals surface area contributed by atoms with Crippen molar-refractivity contribution in [1.82, 2.24) is 14.9 Å². The molecule has 0 unspecified atom stereocenters. The molecule has 2 fully saturated rings. The normalized spacial score (nSPS) is 24.5. The largest absolute Gasteiger partial charge is 0.354 e. The summed E-state index contributed by atoms with van der Waals surface area (Å²) >= 11 is 0. The Morgan fingerprint density at radius 2 is 1.82 bits per heavy atom. The molecule has 28 heavy (non-hydrogen) atoms. The van der Waals surface area contributed by atoms with Gasteiger partial charge in [0.05, 0.1) is 4.90 Å². The van der Waals surface area contributed by atoms with Gasteiger partial charge in [0.15, 0.2) is 0 Å². The van der Waals surface area contributed by atoms with Crippen LogP contribution in [0.4, 0.5) is 0 Å².